The number of benzene rings is 2. The number of amides is 1. The van der Waals surface area contributed by atoms with Crippen LogP contribution < -0.4 is 9.64 Å². The van der Waals surface area contributed by atoms with Crippen molar-refractivity contribution in [2.75, 3.05) is 11.5 Å². The first-order valence-electron chi connectivity index (χ1n) is 7.62. The van der Waals surface area contributed by atoms with E-state index in [9.17, 15) is 4.79 Å². The summed E-state index contributed by atoms with van der Waals surface area (Å²) in [5.41, 5.74) is 2.76. The predicted molar refractivity (Wildman–Crippen MR) is 87.6 cm³/mol. The minimum Gasteiger partial charge on any atom is -0.482 e. The van der Waals surface area contributed by atoms with Gasteiger partial charge in [0.25, 0.3) is 5.91 Å². The van der Waals surface area contributed by atoms with Gasteiger partial charge in [-0.15, -0.1) is 0 Å². The zero-order valence-electron chi connectivity index (χ0n) is 13.1. The summed E-state index contributed by atoms with van der Waals surface area (Å²) >= 11 is 0. The number of hydrogen-bond acceptors (Lipinski definition) is 5. The number of rotatable bonds is 3. The number of anilines is 1. The van der Waals surface area contributed by atoms with Crippen LogP contribution in [-0.4, -0.2) is 22.7 Å². The van der Waals surface area contributed by atoms with Gasteiger partial charge in [-0.05, 0) is 19.1 Å². The van der Waals surface area contributed by atoms with Gasteiger partial charge in [-0.1, -0.05) is 47.1 Å². The molecule has 1 aromatic heterocycles. The lowest BCUT2D eigenvalue weighted by Gasteiger charge is -2.27. The van der Waals surface area contributed by atoms with Crippen LogP contribution in [0.25, 0.3) is 11.4 Å². The molecule has 1 amide bonds. The quantitative estimate of drug-likeness (QED) is 0.742. The summed E-state index contributed by atoms with van der Waals surface area (Å²) in [6.07, 6.45) is 0. The van der Waals surface area contributed by atoms with E-state index in [0.717, 1.165) is 11.1 Å². The highest BCUT2D eigenvalue weighted by Crippen LogP contribution is 2.32. The second kappa shape index (κ2) is 5.81. The van der Waals surface area contributed by atoms with Crippen molar-refractivity contribution in [3.63, 3.8) is 0 Å². The Morgan fingerprint density at radius 2 is 1.92 bits per heavy atom. The Morgan fingerprint density at radius 3 is 2.75 bits per heavy atom. The minimum atomic E-state index is -0.135. The van der Waals surface area contributed by atoms with Crippen molar-refractivity contribution in [3.8, 4) is 17.1 Å². The number of carbonyl (C=O) groups is 1. The molecular weight excluding hydrogens is 306 g/mol. The number of ether oxygens (including phenoxy) is 1. The number of aryl methyl sites for hydroxylation is 1. The third-order valence-electron chi connectivity index (χ3n) is 3.88. The molecule has 0 fully saturated rings. The molecule has 0 radical (unpaired) electrons. The van der Waals surface area contributed by atoms with Crippen molar-refractivity contribution in [1.29, 1.82) is 0 Å². The van der Waals surface area contributed by atoms with Crippen molar-refractivity contribution in [1.82, 2.24) is 10.1 Å². The first kappa shape index (κ1) is 14.4. The number of aromatic nitrogens is 2. The van der Waals surface area contributed by atoms with E-state index in [1.165, 1.54) is 0 Å². The van der Waals surface area contributed by atoms with E-state index in [2.05, 4.69) is 10.1 Å². The fourth-order valence-corrected chi connectivity index (χ4v) is 2.60. The van der Waals surface area contributed by atoms with Crippen LogP contribution in [0.15, 0.2) is 53.1 Å². The topological polar surface area (TPSA) is 68.5 Å². The van der Waals surface area contributed by atoms with Crippen molar-refractivity contribution >= 4 is 11.6 Å². The highest BCUT2D eigenvalue weighted by atomic mass is 16.5. The molecule has 6 heteroatoms. The molecule has 1 aliphatic heterocycles. The van der Waals surface area contributed by atoms with Gasteiger partial charge in [0.15, 0.2) is 6.61 Å². The Labute approximate surface area is 138 Å². The summed E-state index contributed by atoms with van der Waals surface area (Å²) in [5.74, 6) is 1.44. The third kappa shape index (κ3) is 2.62. The number of para-hydroxylation sites is 2. The van der Waals surface area contributed by atoms with Crippen molar-refractivity contribution in [2.45, 2.75) is 13.5 Å². The number of fused-ring (bicyclic) bond motifs is 1. The first-order chi connectivity index (χ1) is 11.7. The Kier molecular flexibility index (Phi) is 3.49. The van der Waals surface area contributed by atoms with Crippen LogP contribution in [0.5, 0.6) is 5.75 Å². The molecule has 0 saturated heterocycles. The summed E-state index contributed by atoms with van der Waals surface area (Å²) in [4.78, 5) is 18.2. The number of hydrogen-bond donors (Lipinski definition) is 0. The van der Waals surface area contributed by atoms with E-state index in [1.54, 1.807) is 4.90 Å². The van der Waals surface area contributed by atoms with Crippen molar-refractivity contribution < 1.29 is 14.1 Å². The highest BCUT2D eigenvalue weighted by Gasteiger charge is 2.27. The summed E-state index contributed by atoms with van der Waals surface area (Å²) in [7, 11) is 0. The van der Waals surface area contributed by atoms with Crippen LogP contribution >= 0.6 is 0 Å². The SMILES string of the molecule is Cc1ccc(-c2noc(CN3C(=O)COc4ccccc43)n2)cc1. The molecule has 120 valence electrons. The molecule has 2 heterocycles. The lowest BCUT2D eigenvalue weighted by atomic mass is 10.1. The van der Waals surface area contributed by atoms with Gasteiger partial charge in [-0.2, -0.15) is 4.98 Å². The van der Waals surface area contributed by atoms with Gasteiger partial charge in [0, 0.05) is 5.56 Å². The Hall–Kier alpha value is -3.15. The Morgan fingerprint density at radius 1 is 1.12 bits per heavy atom. The van der Waals surface area contributed by atoms with E-state index in [4.69, 9.17) is 9.26 Å². The average molecular weight is 321 g/mol. The van der Waals surface area contributed by atoms with Gasteiger partial charge >= 0.3 is 0 Å². The number of nitrogens with zero attached hydrogens (tertiary/aromatic N) is 3. The second-order valence-corrected chi connectivity index (χ2v) is 5.61. The van der Waals surface area contributed by atoms with E-state index >= 15 is 0 Å². The molecule has 6 nitrogen and oxygen atoms in total. The lowest BCUT2D eigenvalue weighted by Crippen LogP contribution is -2.38. The molecule has 0 spiro atoms. The average Bonchev–Trinajstić information content (AvgIpc) is 3.07. The maximum atomic E-state index is 12.2. The van der Waals surface area contributed by atoms with Crippen molar-refractivity contribution in [3.05, 3.63) is 60.0 Å². The third-order valence-corrected chi connectivity index (χ3v) is 3.88. The summed E-state index contributed by atoms with van der Waals surface area (Å²) in [6, 6.07) is 15.3. The van der Waals surface area contributed by atoms with Crippen LogP contribution in [-0.2, 0) is 11.3 Å². The van der Waals surface area contributed by atoms with Crippen LogP contribution in [0.4, 0.5) is 5.69 Å². The van der Waals surface area contributed by atoms with E-state index in [0.29, 0.717) is 23.2 Å². The second-order valence-electron chi connectivity index (χ2n) is 5.61. The molecule has 4 rings (SSSR count). The Bertz CT molecular complexity index is 887. The molecule has 0 N–H and O–H groups in total. The zero-order valence-corrected chi connectivity index (χ0v) is 13.1. The molecule has 0 unspecified atom stereocenters. The molecule has 24 heavy (non-hydrogen) atoms. The molecule has 3 aromatic rings. The fraction of sp³-hybridized carbons (Fsp3) is 0.167. The Balaban J connectivity index is 1.60. The lowest BCUT2D eigenvalue weighted by molar-refractivity contribution is -0.121. The standard InChI is InChI=1S/C18H15N3O3/c1-12-6-8-13(9-7-12)18-19-16(24-20-18)10-21-14-4-2-3-5-15(14)23-11-17(21)22/h2-9H,10-11H2,1H3. The highest BCUT2D eigenvalue weighted by molar-refractivity contribution is 5.97. The summed E-state index contributed by atoms with van der Waals surface area (Å²) in [6.45, 7) is 2.25. The maximum Gasteiger partial charge on any atom is 0.265 e. The maximum absolute atomic E-state index is 12.2. The molecule has 2 aromatic carbocycles. The molecule has 0 aliphatic carbocycles. The van der Waals surface area contributed by atoms with E-state index in [-0.39, 0.29) is 19.1 Å². The van der Waals surface area contributed by atoms with Gasteiger partial charge < -0.3 is 9.26 Å². The van der Waals surface area contributed by atoms with E-state index in [1.807, 2.05) is 55.5 Å². The van der Waals surface area contributed by atoms with Gasteiger partial charge in [0.1, 0.15) is 12.3 Å². The zero-order chi connectivity index (χ0) is 16.5. The molecule has 0 bridgehead atoms. The van der Waals surface area contributed by atoms with Crippen LogP contribution in [0.3, 0.4) is 0 Å². The normalized spacial score (nSPS) is 13.5. The van der Waals surface area contributed by atoms with Crippen molar-refractivity contribution in [2.24, 2.45) is 0 Å². The minimum absolute atomic E-state index is 0.00989. The van der Waals surface area contributed by atoms with E-state index < -0.39 is 0 Å². The smallest absolute Gasteiger partial charge is 0.265 e. The first-order valence-corrected chi connectivity index (χ1v) is 7.62. The molecule has 1 aliphatic rings. The monoisotopic (exact) mass is 321 g/mol. The van der Waals surface area contributed by atoms with Gasteiger partial charge in [-0.25, -0.2) is 0 Å². The molecular formula is C18H15N3O3. The number of carbonyl (C=O) groups excluding carboxylic acids is 1. The van der Waals surface area contributed by atoms with Crippen LogP contribution in [0.2, 0.25) is 0 Å². The largest absolute Gasteiger partial charge is 0.482 e. The summed E-state index contributed by atoms with van der Waals surface area (Å²) in [5, 5.41) is 4.01. The predicted octanol–water partition coefficient (Wildman–Crippen LogP) is 2.97. The van der Waals surface area contributed by atoms with Gasteiger partial charge in [0.05, 0.1) is 5.69 Å². The van der Waals surface area contributed by atoms with Crippen LogP contribution in [0, 0.1) is 6.92 Å². The molecule has 0 saturated carbocycles. The summed E-state index contributed by atoms with van der Waals surface area (Å²) < 4.78 is 10.8. The molecule has 0 atom stereocenters. The van der Waals surface area contributed by atoms with Gasteiger partial charge in [0.2, 0.25) is 11.7 Å². The van der Waals surface area contributed by atoms with Gasteiger partial charge in [-0.3, -0.25) is 9.69 Å². The van der Waals surface area contributed by atoms with Crippen LogP contribution in [0.1, 0.15) is 11.5 Å². The fourth-order valence-electron chi connectivity index (χ4n) is 2.60.